The molecule has 1 atom stereocenters. The summed E-state index contributed by atoms with van der Waals surface area (Å²) >= 11 is 0. The predicted octanol–water partition coefficient (Wildman–Crippen LogP) is 3.75. The fraction of sp³-hybridized carbons (Fsp3) is 0.647. The Kier molecular flexibility index (Phi) is 5.26. The van der Waals surface area contributed by atoms with E-state index >= 15 is 0 Å². The highest BCUT2D eigenvalue weighted by Gasteiger charge is 2.14. The van der Waals surface area contributed by atoms with Crippen LogP contribution in [0.1, 0.15) is 50.2 Å². The summed E-state index contributed by atoms with van der Waals surface area (Å²) in [7, 11) is 1.78. The smallest absolute Gasteiger partial charge is 0.122 e. The number of aryl methyl sites for hydroxylation is 1. The van der Waals surface area contributed by atoms with E-state index in [4.69, 9.17) is 4.74 Å². The Labute approximate surface area is 117 Å². The molecule has 106 valence electrons. The molecule has 1 saturated heterocycles. The van der Waals surface area contributed by atoms with Crippen LogP contribution >= 0.6 is 0 Å². The molecule has 0 radical (unpaired) electrons. The summed E-state index contributed by atoms with van der Waals surface area (Å²) in [5, 5.41) is 3.49. The Hall–Kier alpha value is -1.02. The van der Waals surface area contributed by atoms with E-state index in [-0.39, 0.29) is 0 Å². The van der Waals surface area contributed by atoms with Gasteiger partial charge < -0.3 is 10.1 Å². The van der Waals surface area contributed by atoms with Gasteiger partial charge in [0.1, 0.15) is 5.75 Å². The van der Waals surface area contributed by atoms with E-state index in [0.717, 1.165) is 18.1 Å². The quantitative estimate of drug-likeness (QED) is 0.871. The number of hydrogen-bond acceptors (Lipinski definition) is 2. The van der Waals surface area contributed by atoms with Crippen molar-refractivity contribution in [2.45, 2.75) is 45.4 Å². The molecule has 2 heteroatoms. The van der Waals surface area contributed by atoms with E-state index in [0.29, 0.717) is 5.92 Å². The number of nitrogens with one attached hydrogen (secondary N) is 1. The second-order valence-corrected chi connectivity index (χ2v) is 5.98. The summed E-state index contributed by atoms with van der Waals surface area (Å²) in [5.74, 6) is 2.46. The van der Waals surface area contributed by atoms with Crippen molar-refractivity contribution in [3.8, 4) is 5.75 Å². The molecule has 0 saturated carbocycles. The highest BCUT2D eigenvalue weighted by Crippen LogP contribution is 2.27. The summed E-state index contributed by atoms with van der Waals surface area (Å²) in [6.07, 6.45) is 5.10. The van der Waals surface area contributed by atoms with Gasteiger partial charge in [-0.25, -0.2) is 0 Å². The van der Waals surface area contributed by atoms with E-state index < -0.39 is 0 Å². The Morgan fingerprint density at radius 1 is 1.37 bits per heavy atom. The van der Waals surface area contributed by atoms with Gasteiger partial charge in [-0.2, -0.15) is 0 Å². The normalized spacial score (nSPS) is 19.7. The van der Waals surface area contributed by atoms with Crippen molar-refractivity contribution in [3.05, 3.63) is 29.3 Å². The van der Waals surface area contributed by atoms with Crippen molar-refractivity contribution >= 4 is 0 Å². The minimum Gasteiger partial charge on any atom is -0.496 e. The number of ether oxygens (including phenoxy) is 1. The number of rotatable bonds is 5. The molecule has 2 rings (SSSR count). The Balaban J connectivity index is 1.98. The topological polar surface area (TPSA) is 21.3 Å². The zero-order valence-electron chi connectivity index (χ0n) is 12.5. The molecule has 1 aromatic carbocycles. The van der Waals surface area contributed by atoms with Gasteiger partial charge >= 0.3 is 0 Å². The maximum absolute atomic E-state index is 5.56. The molecule has 1 unspecified atom stereocenters. The van der Waals surface area contributed by atoms with Gasteiger partial charge in [0.25, 0.3) is 0 Å². The van der Waals surface area contributed by atoms with Gasteiger partial charge in [0.15, 0.2) is 0 Å². The molecule has 1 aliphatic heterocycles. The second-order valence-electron chi connectivity index (χ2n) is 5.98. The van der Waals surface area contributed by atoms with E-state index in [9.17, 15) is 0 Å². The molecule has 0 aliphatic carbocycles. The number of hydrogen-bond donors (Lipinski definition) is 1. The fourth-order valence-electron chi connectivity index (χ4n) is 2.86. The second kappa shape index (κ2) is 6.95. The molecule has 1 fully saturated rings. The summed E-state index contributed by atoms with van der Waals surface area (Å²) < 4.78 is 5.56. The van der Waals surface area contributed by atoms with Crippen LogP contribution in [0.15, 0.2) is 18.2 Å². The van der Waals surface area contributed by atoms with Gasteiger partial charge in [0.2, 0.25) is 0 Å². The van der Waals surface area contributed by atoms with E-state index in [1.807, 2.05) is 0 Å². The van der Waals surface area contributed by atoms with Crippen molar-refractivity contribution < 1.29 is 4.74 Å². The summed E-state index contributed by atoms with van der Waals surface area (Å²) in [4.78, 5) is 0. The first kappa shape index (κ1) is 14.4. The van der Waals surface area contributed by atoms with Gasteiger partial charge in [-0.3, -0.25) is 0 Å². The third kappa shape index (κ3) is 3.97. The van der Waals surface area contributed by atoms with Crippen LogP contribution in [-0.4, -0.2) is 20.2 Å². The maximum atomic E-state index is 5.56. The van der Waals surface area contributed by atoms with Gasteiger partial charge in [0.05, 0.1) is 7.11 Å². The van der Waals surface area contributed by atoms with Crippen molar-refractivity contribution in [2.75, 3.05) is 20.2 Å². The monoisotopic (exact) mass is 261 g/mol. The van der Waals surface area contributed by atoms with Crippen LogP contribution in [0.25, 0.3) is 0 Å². The predicted molar refractivity (Wildman–Crippen MR) is 81.0 cm³/mol. The number of benzene rings is 1. The molecule has 1 aromatic rings. The molecule has 1 N–H and O–H groups in total. The van der Waals surface area contributed by atoms with Crippen molar-refractivity contribution in [1.82, 2.24) is 5.32 Å². The lowest BCUT2D eigenvalue weighted by Crippen LogP contribution is -2.29. The van der Waals surface area contributed by atoms with Gasteiger partial charge in [-0.1, -0.05) is 26.0 Å². The largest absolute Gasteiger partial charge is 0.496 e. The van der Waals surface area contributed by atoms with Crippen LogP contribution in [0, 0.1) is 5.92 Å². The minimum atomic E-state index is 0.561. The van der Waals surface area contributed by atoms with Gasteiger partial charge in [-0.05, 0) is 67.8 Å². The van der Waals surface area contributed by atoms with Crippen LogP contribution in [-0.2, 0) is 6.42 Å². The van der Waals surface area contributed by atoms with Crippen LogP contribution in [0.5, 0.6) is 5.75 Å². The molecule has 0 amide bonds. The average Bonchev–Trinajstić information content (AvgIpc) is 2.45. The molecule has 0 spiro atoms. The summed E-state index contributed by atoms with van der Waals surface area (Å²) in [5.41, 5.74) is 2.72. The Morgan fingerprint density at radius 3 is 2.84 bits per heavy atom. The van der Waals surface area contributed by atoms with E-state index in [1.54, 1.807) is 7.11 Å². The molecule has 0 aromatic heterocycles. The zero-order chi connectivity index (χ0) is 13.7. The van der Waals surface area contributed by atoms with E-state index in [1.165, 1.54) is 43.5 Å². The first-order valence-corrected chi connectivity index (χ1v) is 7.58. The third-order valence-electron chi connectivity index (χ3n) is 4.20. The number of piperidine rings is 1. The van der Waals surface area contributed by atoms with Crippen LogP contribution in [0.3, 0.4) is 0 Å². The van der Waals surface area contributed by atoms with Crippen LogP contribution < -0.4 is 10.1 Å². The molecule has 0 bridgehead atoms. The van der Waals surface area contributed by atoms with Gasteiger partial charge in [0, 0.05) is 0 Å². The third-order valence-corrected chi connectivity index (χ3v) is 4.20. The first-order valence-electron chi connectivity index (χ1n) is 7.58. The molecule has 1 aliphatic rings. The lowest BCUT2D eigenvalue weighted by Gasteiger charge is -2.23. The molecular formula is C17H27NO. The number of methoxy groups -OCH3 is 1. The molecular weight excluding hydrogens is 234 g/mol. The standard InChI is InChI=1S/C17H27NO/c1-13(2)16-9-8-15(17(11-16)19-3)7-6-14-5-4-10-18-12-14/h8-9,11,13-14,18H,4-7,10,12H2,1-3H3. The highest BCUT2D eigenvalue weighted by atomic mass is 16.5. The Bertz CT molecular complexity index is 394. The minimum absolute atomic E-state index is 0.561. The van der Waals surface area contributed by atoms with E-state index in [2.05, 4.69) is 37.4 Å². The lowest BCUT2D eigenvalue weighted by molar-refractivity contribution is 0.354. The average molecular weight is 261 g/mol. The lowest BCUT2D eigenvalue weighted by atomic mass is 9.91. The van der Waals surface area contributed by atoms with Crippen molar-refractivity contribution in [2.24, 2.45) is 5.92 Å². The van der Waals surface area contributed by atoms with Crippen molar-refractivity contribution in [3.63, 3.8) is 0 Å². The summed E-state index contributed by atoms with van der Waals surface area (Å²) in [6.45, 7) is 6.83. The van der Waals surface area contributed by atoms with Crippen molar-refractivity contribution in [1.29, 1.82) is 0 Å². The first-order chi connectivity index (χ1) is 9.20. The fourth-order valence-corrected chi connectivity index (χ4v) is 2.86. The molecule has 2 nitrogen and oxygen atoms in total. The SMILES string of the molecule is COc1cc(C(C)C)ccc1CCC1CCCNC1. The highest BCUT2D eigenvalue weighted by molar-refractivity contribution is 5.38. The maximum Gasteiger partial charge on any atom is 0.122 e. The summed E-state index contributed by atoms with van der Waals surface area (Å²) in [6, 6.07) is 6.71. The Morgan fingerprint density at radius 2 is 2.21 bits per heavy atom. The molecule has 19 heavy (non-hydrogen) atoms. The van der Waals surface area contributed by atoms with Gasteiger partial charge in [-0.15, -0.1) is 0 Å². The van der Waals surface area contributed by atoms with Crippen LogP contribution in [0.4, 0.5) is 0 Å². The molecule has 1 heterocycles. The van der Waals surface area contributed by atoms with Crippen LogP contribution in [0.2, 0.25) is 0 Å². The zero-order valence-corrected chi connectivity index (χ0v) is 12.5.